The van der Waals surface area contributed by atoms with Crippen LogP contribution in [-0.2, 0) is 0 Å². The molecule has 2 fully saturated rings. The predicted molar refractivity (Wildman–Crippen MR) is 93.9 cm³/mol. The van der Waals surface area contributed by atoms with E-state index in [9.17, 15) is 4.79 Å². The maximum absolute atomic E-state index is 13.0. The predicted octanol–water partition coefficient (Wildman–Crippen LogP) is 3.69. The minimum atomic E-state index is 0.0169. The first-order chi connectivity index (χ1) is 10.1. The van der Waals surface area contributed by atoms with Gasteiger partial charge in [0, 0.05) is 28.8 Å². The van der Waals surface area contributed by atoms with E-state index in [4.69, 9.17) is 11.6 Å². The van der Waals surface area contributed by atoms with E-state index in [-0.39, 0.29) is 11.4 Å². The monoisotopic (exact) mass is 418 g/mol. The highest BCUT2D eigenvalue weighted by atomic mass is 127. The van der Waals surface area contributed by atoms with Gasteiger partial charge in [0.2, 0.25) is 0 Å². The lowest BCUT2D eigenvalue weighted by Crippen LogP contribution is -2.63. The van der Waals surface area contributed by atoms with Crippen LogP contribution >= 0.6 is 34.2 Å². The van der Waals surface area contributed by atoms with Gasteiger partial charge in [-0.3, -0.25) is 4.79 Å². The number of halogens is 2. The third-order valence-electron chi connectivity index (χ3n) is 4.73. The number of rotatable bonds is 1. The van der Waals surface area contributed by atoms with Crippen LogP contribution in [0.2, 0.25) is 5.02 Å². The van der Waals surface area contributed by atoms with Crippen LogP contribution in [0, 0.1) is 3.57 Å². The van der Waals surface area contributed by atoms with E-state index < -0.39 is 0 Å². The molecule has 1 aliphatic carbocycles. The van der Waals surface area contributed by atoms with Crippen molar-refractivity contribution < 1.29 is 4.79 Å². The molecular weight excluding hydrogens is 399 g/mol. The SMILES string of the molecule is O=C(c1ccc(I)c(Cl)c1)N1CCNCC12CCCCC2. The van der Waals surface area contributed by atoms with Crippen LogP contribution in [0.3, 0.4) is 0 Å². The van der Waals surface area contributed by atoms with E-state index in [0.29, 0.717) is 10.6 Å². The Morgan fingerprint density at radius 1 is 1.29 bits per heavy atom. The Kier molecular flexibility index (Phi) is 4.76. The Labute approximate surface area is 144 Å². The fourth-order valence-corrected chi connectivity index (χ4v) is 4.12. The van der Waals surface area contributed by atoms with Crippen LogP contribution in [-0.4, -0.2) is 36.0 Å². The van der Waals surface area contributed by atoms with Gasteiger partial charge < -0.3 is 10.2 Å². The van der Waals surface area contributed by atoms with Crippen LogP contribution in [0.4, 0.5) is 0 Å². The molecule has 1 aliphatic heterocycles. The molecule has 1 saturated heterocycles. The van der Waals surface area contributed by atoms with E-state index in [1.807, 2.05) is 18.2 Å². The summed E-state index contributed by atoms with van der Waals surface area (Å²) in [7, 11) is 0. The lowest BCUT2D eigenvalue weighted by atomic mass is 9.78. The molecule has 0 radical (unpaired) electrons. The van der Waals surface area contributed by atoms with Crippen molar-refractivity contribution in [3.05, 3.63) is 32.4 Å². The molecule has 3 nitrogen and oxygen atoms in total. The zero-order chi connectivity index (χ0) is 14.9. The van der Waals surface area contributed by atoms with E-state index >= 15 is 0 Å². The molecule has 1 amide bonds. The second-order valence-electron chi connectivity index (χ2n) is 6.05. The lowest BCUT2D eigenvalue weighted by Gasteiger charge is -2.49. The molecule has 3 rings (SSSR count). The summed E-state index contributed by atoms with van der Waals surface area (Å²) in [5.41, 5.74) is 0.732. The summed E-state index contributed by atoms with van der Waals surface area (Å²) >= 11 is 8.37. The Morgan fingerprint density at radius 3 is 2.76 bits per heavy atom. The topological polar surface area (TPSA) is 32.3 Å². The first kappa shape index (κ1) is 15.6. The lowest BCUT2D eigenvalue weighted by molar-refractivity contribution is 0.0222. The third-order valence-corrected chi connectivity index (χ3v) is 6.31. The molecular formula is C16H20ClIN2O. The maximum Gasteiger partial charge on any atom is 0.254 e. The van der Waals surface area contributed by atoms with Crippen molar-refractivity contribution in [2.45, 2.75) is 37.6 Å². The van der Waals surface area contributed by atoms with Crippen LogP contribution < -0.4 is 5.32 Å². The summed E-state index contributed by atoms with van der Waals surface area (Å²) in [4.78, 5) is 15.1. The summed E-state index contributed by atoms with van der Waals surface area (Å²) in [5.74, 6) is 0.136. The highest BCUT2D eigenvalue weighted by Crippen LogP contribution is 2.35. The first-order valence-electron chi connectivity index (χ1n) is 7.60. The molecule has 114 valence electrons. The number of carbonyl (C=O) groups is 1. The first-order valence-corrected chi connectivity index (χ1v) is 9.06. The Hall–Kier alpha value is -0.330. The summed E-state index contributed by atoms with van der Waals surface area (Å²) in [6, 6.07) is 5.63. The summed E-state index contributed by atoms with van der Waals surface area (Å²) < 4.78 is 0.985. The van der Waals surface area contributed by atoms with Gasteiger partial charge in [0.15, 0.2) is 0 Å². The van der Waals surface area contributed by atoms with Gasteiger partial charge in [-0.15, -0.1) is 0 Å². The summed E-state index contributed by atoms with van der Waals surface area (Å²) in [6.07, 6.45) is 5.96. The Morgan fingerprint density at radius 2 is 2.05 bits per heavy atom. The van der Waals surface area contributed by atoms with Gasteiger partial charge in [0.05, 0.1) is 10.6 Å². The second kappa shape index (κ2) is 6.42. The van der Waals surface area contributed by atoms with Crippen molar-refractivity contribution in [2.75, 3.05) is 19.6 Å². The molecule has 0 bridgehead atoms. The van der Waals surface area contributed by atoms with Crippen LogP contribution in [0.5, 0.6) is 0 Å². The molecule has 21 heavy (non-hydrogen) atoms. The zero-order valence-corrected chi connectivity index (χ0v) is 14.9. The van der Waals surface area contributed by atoms with E-state index in [2.05, 4.69) is 32.8 Å². The molecule has 1 heterocycles. The van der Waals surface area contributed by atoms with E-state index in [1.54, 1.807) is 0 Å². The van der Waals surface area contributed by atoms with E-state index in [1.165, 1.54) is 19.3 Å². The van der Waals surface area contributed by atoms with Gasteiger partial charge in [-0.2, -0.15) is 0 Å². The van der Waals surface area contributed by atoms with Crippen molar-refractivity contribution in [3.8, 4) is 0 Å². The smallest absolute Gasteiger partial charge is 0.254 e. The van der Waals surface area contributed by atoms with Crippen LogP contribution in [0.25, 0.3) is 0 Å². The highest BCUT2D eigenvalue weighted by Gasteiger charge is 2.42. The average molecular weight is 419 g/mol. The number of amides is 1. The van der Waals surface area contributed by atoms with Crippen molar-refractivity contribution in [1.82, 2.24) is 10.2 Å². The molecule has 1 N–H and O–H groups in total. The number of hydrogen-bond donors (Lipinski definition) is 1. The van der Waals surface area contributed by atoms with Crippen molar-refractivity contribution >= 4 is 40.1 Å². The van der Waals surface area contributed by atoms with Gasteiger partial charge in [-0.1, -0.05) is 30.9 Å². The molecule has 1 spiro atoms. The maximum atomic E-state index is 13.0. The van der Waals surface area contributed by atoms with Gasteiger partial charge in [-0.05, 0) is 53.6 Å². The largest absolute Gasteiger partial charge is 0.330 e. The van der Waals surface area contributed by atoms with Crippen LogP contribution in [0.1, 0.15) is 42.5 Å². The minimum Gasteiger partial charge on any atom is -0.330 e. The number of nitrogens with one attached hydrogen (secondary N) is 1. The van der Waals surface area contributed by atoms with Crippen LogP contribution in [0.15, 0.2) is 18.2 Å². The third kappa shape index (κ3) is 3.08. The fourth-order valence-electron chi connectivity index (χ4n) is 3.60. The highest BCUT2D eigenvalue weighted by molar-refractivity contribution is 14.1. The number of hydrogen-bond acceptors (Lipinski definition) is 2. The van der Waals surface area contributed by atoms with Gasteiger partial charge in [-0.25, -0.2) is 0 Å². The molecule has 1 aromatic rings. The summed E-state index contributed by atoms with van der Waals surface area (Å²) in [5, 5.41) is 4.14. The minimum absolute atomic E-state index is 0.0169. The number of benzene rings is 1. The second-order valence-corrected chi connectivity index (χ2v) is 7.62. The molecule has 0 unspecified atom stereocenters. The van der Waals surface area contributed by atoms with Gasteiger partial charge in [0.25, 0.3) is 5.91 Å². The van der Waals surface area contributed by atoms with Gasteiger partial charge in [0.1, 0.15) is 0 Å². The van der Waals surface area contributed by atoms with E-state index in [0.717, 1.165) is 36.0 Å². The number of carbonyl (C=O) groups excluding carboxylic acids is 1. The average Bonchev–Trinajstić information content (AvgIpc) is 2.51. The zero-order valence-electron chi connectivity index (χ0n) is 12.0. The number of piperazine rings is 1. The molecule has 2 aliphatic rings. The van der Waals surface area contributed by atoms with Crippen molar-refractivity contribution in [2.24, 2.45) is 0 Å². The molecule has 0 atom stereocenters. The quantitative estimate of drug-likeness (QED) is 0.706. The molecule has 1 saturated carbocycles. The molecule has 0 aromatic heterocycles. The Balaban J connectivity index is 1.88. The normalized spacial score (nSPS) is 21.5. The van der Waals surface area contributed by atoms with Crippen molar-refractivity contribution in [3.63, 3.8) is 0 Å². The standard InChI is InChI=1S/C16H20ClIN2O/c17-13-10-12(4-5-14(13)18)15(21)20-9-8-19-11-16(20)6-2-1-3-7-16/h4-5,10,19H,1-3,6-9,11H2. The molecule has 1 aromatic carbocycles. The summed E-state index contributed by atoms with van der Waals surface area (Å²) in [6.45, 7) is 2.60. The van der Waals surface area contributed by atoms with Gasteiger partial charge >= 0.3 is 0 Å². The molecule has 5 heteroatoms. The Bertz CT molecular complexity index is 535. The fraction of sp³-hybridized carbons (Fsp3) is 0.562. The van der Waals surface area contributed by atoms with Crippen molar-refractivity contribution in [1.29, 1.82) is 0 Å². The number of nitrogens with zero attached hydrogens (tertiary/aromatic N) is 1.